The van der Waals surface area contributed by atoms with Crippen LogP contribution in [0.25, 0.3) is 0 Å². The molecule has 0 aromatic rings. The van der Waals surface area contributed by atoms with Crippen LogP contribution in [0.5, 0.6) is 0 Å². The summed E-state index contributed by atoms with van der Waals surface area (Å²) in [6.45, 7) is 6.09. The molecule has 2 unspecified atom stereocenters. The maximum Gasteiger partial charge on any atom is 0.0249 e. The van der Waals surface area contributed by atoms with E-state index in [-0.39, 0.29) is 0 Å². The zero-order chi connectivity index (χ0) is 13.7. The van der Waals surface area contributed by atoms with Gasteiger partial charge in [0.2, 0.25) is 0 Å². The van der Waals surface area contributed by atoms with Crippen molar-refractivity contribution in [2.75, 3.05) is 33.7 Å². The van der Waals surface area contributed by atoms with Gasteiger partial charge in [0.1, 0.15) is 0 Å². The van der Waals surface area contributed by atoms with E-state index in [1.54, 1.807) is 0 Å². The molecule has 0 spiro atoms. The highest BCUT2D eigenvalue weighted by molar-refractivity contribution is 4.89. The summed E-state index contributed by atoms with van der Waals surface area (Å²) in [6.07, 6.45) is 9.71. The molecule has 0 amide bonds. The van der Waals surface area contributed by atoms with Gasteiger partial charge >= 0.3 is 0 Å². The summed E-state index contributed by atoms with van der Waals surface area (Å²) in [5.74, 6) is 0. The smallest absolute Gasteiger partial charge is 0.0249 e. The molecule has 19 heavy (non-hydrogen) atoms. The molecule has 0 bridgehead atoms. The van der Waals surface area contributed by atoms with E-state index in [1.807, 2.05) is 0 Å². The minimum Gasteiger partial charge on any atom is -0.315 e. The molecule has 0 aromatic heterocycles. The highest BCUT2D eigenvalue weighted by atomic mass is 15.2. The lowest BCUT2D eigenvalue weighted by molar-refractivity contribution is 0.0792. The Hall–Kier alpha value is -0.120. The number of piperidine rings is 1. The monoisotopic (exact) mass is 267 g/mol. The second-order valence-electron chi connectivity index (χ2n) is 6.43. The van der Waals surface area contributed by atoms with Crippen LogP contribution in [-0.2, 0) is 0 Å². The van der Waals surface area contributed by atoms with Crippen molar-refractivity contribution in [3.05, 3.63) is 0 Å². The lowest BCUT2D eigenvalue weighted by Crippen LogP contribution is -2.53. The van der Waals surface area contributed by atoms with Gasteiger partial charge in [-0.1, -0.05) is 26.2 Å². The number of rotatable bonds is 4. The van der Waals surface area contributed by atoms with Gasteiger partial charge in [-0.05, 0) is 59.4 Å². The van der Waals surface area contributed by atoms with Gasteiger partial charge in [-0.3, -0.25) is 4.90 Å². The molecular weight excluding hydrogens is 234 g/mol. The predicted octanol–water partition coefficient (Wildman–Crippen LogP) is 2.32. The molecule has 1 aliphatic heterocycles. The number of nitrogens with one attached hydrogen (secondary N) is 1. The molecule has 3 heteroatoms. The summed E-state index contributed by atoms with van der Waals surface area (Å²) in [6, 6.07) is 2.27. The van der Waals surface area contributed by atoms with Gasteiger partial charge in [0.05, 0.1) is 0 Å². The van der Waals surface area contributed by atoms with Crippen molar-refractivity contribution in [1.82, 2.24) is 15.1 Å². The Morgan fingerprint density at radius 3 is 2.37 bits per heavy atom. The van der Waals surface area contributed by atoms with Crippen LogP contribution in [0, 0.1) is 0 Å². The second-order valence-corrected chi connectivity index (χ2v) is 6.43. The molecular formula is C16H33N3. The van der Waals surface area contributed by atoms with E-state index >= 15 is 0 Å². The Morgan fingerprint density at radius 2 is 1.74 bits per heavy atom. The van der Waals surface area contributed by atoms with Crippen molar-refractivity contribution in [2.45, 2.75) is 70.0 Å². The lowest BCUT2D eigenvalue weighted by atomic mass is 9.96. The molecule has 3 nitrogen and oxygen atoms in total. The summed E-state index contributed by atoms with van der Waals surface area (Å²) in [4.78, 5) is 5.31. The van der Waals surface area contributed by atoms with Crippen molar-refractivity contribution in [3.63, 3.8) is 0 Å². The minimum absolute atomic E-state index is 0.705. The van der Waals surface area contributed by atoms with Crippen LogP contribution in [0.3, 0.4) is 0 Å². The quantitative estimate of drug-likeness (QED) is 0.789. The first kappa shape index (κ1) is 15.3. The third kappa shape index (κ3) is 3.93. The third-order valence-electron chi connectivity index (χ3n) is 5.45. The van der Waals surface area contributed by atoms with Crippen LogP contribution in [0.1, 0.15) is 51.9 Å². The first-order valence-corrected chi connectivity index (χ1v) is 8.37. The van der Waals surface area contributed by atoms with Gasteiger partial charge < -0.3 is 10.2 Å². The topological polar surface area (TPSA) is 18.5 Å². The van der Waals surface area contributed by atoms with E-state index in [2.05, 4.69) is 36.1 Å². The fourth-order valence-electron chi connectivity index (χ4n) is 4.03. The van der Waals surface area contributed by atoms with E-state index < -0.39 is 0 Å². The number of hydrogen-bond acceptors (Lipinski definition) is 3. The van der Waals surface area contributed by atoms with E-state index in [9.17, 15) is 0 Å². The van der Waals surface area contributed by atoms with Crippen LogP contribution in [0.4, 0.5) is 0 Å². The van der Waals surface area contributed by atoms with Gasteiger partial charge in [0.25, 0.3) is 0 Å². The van der Waals surface area contributed by atoms with Gasteiger partial charge in [-0.2, -0.15) is 0 Å². The molecule has 1 heterocycles. The third-order valence-corrected chi connectivity index (χ3v) is 5.45. The minimum atomic E-state index is 0.705. The highest BCUT2D eigenvalue weighted by Crippen LogP contribution is 2.26. The fourth-order valence-corrected chi connectivity index (χ4v) is 4.03. The van der Waals surface area contributed by atoms with Gasteiger partial charge in [-0.25, -0.2) is 0 Å². The van der Waals surface area contributed by atoms with Gasteiger partial charge in [0.15, 0.2) is 0 Å². The van der Waals surface area contributed by atoms with Gasteiger partial charge in [0, 0.05) is 18.1 Å². The second kappa shape index (κ2) is 7.61. The number of likely N-dealkylation sites (N-methyl/N-ethyl adjacent to an activating group) is 2. The van der Waals surface area contributed by atoms with Crippen LogP contribution >= 0.6 is 0 Å². The summed E-state index contributed by atoms with van der Waals surface area (Å²) >= 11 is 0. The Kier molecular flexibility index (Phi) is 6.11. The maximum absolute atomic E-state index is 3.58. The van der Waals surface area contributed by atoms with Crippen molar-refractivity contribution in [2.24, 2.45) is 0 Å². The highest BCUT2D eigenvalue weighted by Gasteiger charge is 2.31. The molecule has 0 radical (unpaired) electrons. The van der Waals surface area contributed by atoms with Crippen LogP contribution in [0.15, 0.2) is 0 Å². The number of nitrogens with zero attached hydrogens (tertiary/aromatic N) is 2. The first-order valence-electron chi connectivity index (χ1n) is 8.37. The van der Waals surface area contributed by atoms with Crippen molar-refractivity contribution >= 4 is 0 Å². The van der Waals surface area contributed by atoms with Crippen LogP contribution in [0.2, 0.25) is 0 Å². The molecule has 1 saturated heterocycles. The predicted molar refractivity (Wildman–Crippen MR) is 82.6 cm³/mol. The summed E-state index contributed by atoms with van der Waals surface area (Å²) in [5, 5.41) is 3.58. The Labute approximate surface area is 119 Å². The van der Waals surface area contributed by atoms with Crippen LogP contribution in [-0.4, -0.2) is 61.7 Å². The molecule has 1 aliphatic carbocycles. The summed E-state index contributed by atoms with van der Waals surface area (Å²) < 4.78 is 0. The standard InChI is InChI=1S/C16H33N3/c1-4-19-12-10-14(11-13-19)18(3)16-9-7-5-6-8-15(16)17-2/h14-17H,4-13H2,1-3H3. The maximum atomic E-state index is 3.58. The summed E-state index contributed by atoms with van der Waals surface area (Å²) in [5.41, 5.74) is 0. The Bertz CT molecular complexity index is 248. The molecule has 112 valence electrons. The zero-order valence-electron chi connectivity index (χ0n) is 13.2. The average molecular weight is 267 g/mol. The molecule has 1 N–H and O–H groups in total. The van der Waals surface area contributed by atoms with E-state index in [0.29, 0.717) is 6.04 Å². The van der Waals surface area contributed by atoms with E-state index in [1.165, 1.54) is 64.6 Å². The molecule has 2 atom stereocenters. The molecule has 2 aliphatic rings. The molecule has 2 fully saturated rings. The molecule has 0 aromatic carbocycles. The average Bonchev–Trinajstić information content (AvgIpc) is 2.71. The first-order chi connectivity index (χ1) is 9.26. The van der Waals surface area contributed by atoms with Crippen molar-refractivity contribution in [1.29, 1.82) is 0 Å². The van der Waals surface area contributed by atoms with Crippen molar-refractivity contribution < 1.29 is 0 Å². The SMILES string of the molecule is CCN1CCC(N(C)C2CCCCCC2NC)CC1. The number of likely N-dealkylation sites (tertiary alicyclic amines) is 1. The Balaban J connectivity index is 1.91. The van der Waals surface area contributed by atoms with Gasteiger partial charge in [-0.15, -0.1) is 0 Å². The van der Waals surface area contributed by atoms with E-state index in [4.69, 9.17) is 0 Å². The van der Waals surface area contributed by atoms with Crippen LogP contribution < -0.4 is 5.32 Å². The lowest BCUT2D eigenvalue weighted by Gasteiger charge is -2.42. The fraction of sp³-hybridized carbons (Fsp3) is 1.00. The molecule has 1 saturated carbocycles. The normalized spacial score (nSPS) is 31.6. The molecule has 2 rings (SSSR count). The summed E-state index contributed by atoms with van der Waals surface area (Å²) in [7, 11) is 4.53. The number of hydrogen-bond donors (Lipinski definition) is 1. The van der Waals surface area contributed by atoms with Crippen molar-refractivity contribution in [3.8, 4) is 0 Å². The zero-order valence-corrected chi connectivity index (χ0v) is 13.2. The largest absolute Gasteiger partial charge is 0.315 e. The Morgan fingerprint density at radius 1 is 1.05 bits per heavy atom. The van der Waals surface area contributed by atoms with E-state index in [0.717, 1.165) is 12.1 Å².